The van der Waals surface area contributed by atoms with Crippen LogP contribution in [0.2, 0.25) is 5.02 Å². The number of hydrogen-bond donors (Lipinski definition) is 3. The Morgan fingerprint density at radius 2 is 1.93 bits per heavy atom. The average molecular weight is 497 g/mol. The van der Waals surface area contributed by atoms with Crippen LogP contribution in [-0.2, 0) is 25.9 Å². The van der Waals surface area contributed by atoms with Gasteiger partial charge in [0.05, 0.1) is 19.1 Å². The first-order valence-corrected chi connectivity index (χ1v) is 13.5. The number of anilines is 2. The van der Waals surface area contributed by atoms with Crippen LogP contribution in [0.4, 0.5) is 11.5 Å². The summed E-state index contributed by atoms with van der Waals surface area (Å²) >= 11 is 7.14. The van der Waals surface area contributed by atoms with E-state index in [2.05, 4.69) is 20.0 Å². The maximum Gasteiger partial charge on any atom is 0.307 e. The number of aromatic nitrogens is 2. The molecule has 0 fully saturated rings. The van der Waals surface area contributed by atoms with Crippen molar-refractivity contribution in [1.82, 2.24) is 9.97 Å². The van der Waals surface area contributed by atoms with Gasteiger partial charge in [0.15, 0.2) is 16.7 Å². The lowest BCUT2D eigenvalue weighted by Gasteiger charge is -2.18. The summed E-state index contributed by atoms with van der Waals surface area (Å²) in [5, 5.41) is 12.8. The van der Waals surface area contributed by atoms with Crippen LogP contribution >= 0.6 is 23.4 Å². The van der Waals surface area contributed by atoms with Crippen molar-refractivity contribution in [3.05, 3.63) is 34.9 Å². The van der Waals surface area contributed by atoms with Crippen molar-refractivity contribution < 1.29 is 26.1 Å². The number of rotatable bonds is 10. The quantitative estimate of drug-likeness (QED) is 0.253. The van der Waals surface area contributed by atoms with Crippen LogP contribution in [0.5, 0.6) is 5.88 Å². The zero-order valence-corrected chi connectivity index (χ0v) is 19.5. The summed E-state index contributed by atoms with van der Waals surface area (Å²) < 4.78 is 54.0. The largest absolute Gasteiger partial charge is 0.394 e. The Hall–Kier alpha value is -1.80. The molecule has 10 nitrogen and oxygen atoms in total. The van der Waals surface area contributed by atoms with Gasteiger partial charge < -0.3 is 14.6 Å². The number of aliphatic hydroxyl groups excluding tert-OH is 1. The summed E-state index contributed by atoms with van der Waals surface area (Å²) in [6.07, 6.45) is 1.69. The van der Waals surface area contributed by atoms with Crippen molar-refractivity contribution >= 4 is 55.0 Å². The molecule has 3 N–H and O–H groups in total. The normalized spacial score (nSPS) is 13.0. The zero-order chi connectivity index (χ0) is 22.5. The highest BCUT2D eigenvalue weighted by Crippen LogP contribution is 2.35. The molecule has 0 aliphatic rings. The molecule has 0 bridgehead atoms. The van der Waals surface area contributed by atoms with Gasteiger partial charge in [0, 0.05) is 16.8 Å². The fraction of sp³-hybridized carbons (Fsp3) is 0.375. The second-order valence-electron chi connectivity index (χ2n) is 6.34. The summed E-state index contributed by atoms with van der Waals surface area (Å²) in [6.45, 7) is 1.35. The Morgan fingerprint density at radius 3 is 2.50 bits per heavy atom. The molecular formula is C16H21ClN4O6S3. The van der Waals surface area contributed by atoms with E-state index in [0.29, 0.717) is 10.8 Å². The summed E-state index contributed by atoms with van der Waals surface area (Å²) in [7, 11) is -7.85. The summed E-state index contributed by atoms with van der Waals surface area (Å²) in [6, 6.07) is 6.60. The lowest BCUT2D eigenvalue weighted by molar-refractivity contribution is 0.281. The number of sulfonamides is 1. The highest BCUT2D eigenvalue weighted by atomic mass is 35.5. The fourth-order valence-corrected chi connectivity index (χ4v) is 4.08. The van der Waals surface area contributed by atoms with Crippen LogP contribution in [-0.4, -0.2) is 57.1 Å². The number of nitrogens with one attached hydrogen (secondary N) is 2. The van der Waals surface area contributed by atoms with E-state index < -0.39 is 32.1 Å². The Labute approximate surface area is 184 Å². The van der Waals surface area contributed by atoms with Crippen molar-refractivity contribution in [3.63, 3.8) is 0 Å². The predicted octanol–water partition coefficient (Wildman–Crippen LogP) is 1.92. The highest BCUT2D eigenvalue weighted by Gasteiger charge is 2.23. The van der Waals surface area contributed by atoms with Crippen LogP contribution in [0.1, 0.15) is 12.5 Å². The van der Waals surface area contributed by atoms with E-state index in [4.69, 9.17) is 15.8 Å². The molecule has 0 amide bonds. The molecule has 166 valence electrons. The number of thioether (sulfide) groups is 1. The number of aliphatic hydroxyl groups is 1. The van der Waals surface area contributed by atoms with Crippen molar-refractivity contribution in [1.29, 1.82) is 0 Å². The molecule has 30 heavy (non-hydrogen) atoms. The van der Waals surface area contributed by atoms with Gasteiger partial charge in [0.25, 0.3) is 5.88 Å². The minimum Gasteiger partial charge on any atom is -0.394 e. The molecular weight excluding hydrogens is 476 g/mol. The van der Waals surface area contributed by atoms with Gasteiger partial charge in [-0.05, 0) is 24.6 Å². The molecule has 0 spiro atoms. The third-order valence-electron chi connectivity index (χ3n) is 3.29. The topological polar surface area (TPSA) is 148 Å². The lowest BCUT2D eigenvalue weighted by atomic mass is 10.2. The molecule has 1 aromatic carbocycles. The van der Waals surface area contributed by atoms with Crippen molar-refractivity contribution in [2.75, 3.05) is 29.2 Å². The number of benzene rings is 1. The van der Waals surface area contributed by atoms with Crippen molar-refractivity contribution in [2.45, 2.75) is 23.9 Å². The second-order valence-corrected chi connectivity index (χ2v) is 11.0. The molecule has 1 atom stereocenters. The van der Waals surface area contributed by atoms with Gasteiger partial charge in [-0.3, -0.25) is 4.72 Å². The minimum atomic E-state index is -4.02. The SMILES string of the molecule is C[C@H](CO)Nc1nc(SCc2cccc(Cl)c2)nc(OS(C)(=O)=O)c1NS(C)(=O)=O. The first-order chi connectivity index (χ1) is 13.9. The van der Waals surface area contributed by atoms with E-state index in [-0.39, 0.29) is 23.3 Å². The van der Waals surface area contributed by atoms with Gasteiger partial charge in [-0.2, -0.15) is 13.4 Å². The Kier molecular flexibility index (Phi) is 8.16. The molecule has 2 rings (SSSR count). The highest BCUT2D eigenvalue weighted by molar-refractivity contribution is 7.98. The van der Waals surface area contributed by atoms with E-state index in [0.717, 1.165) is 29.8 Å². The van der Waals surface area contributed by atoms with Crippen LogP contribution in [0.15, 0.2) is 29.4 Å². The summed E-state index contributed by atoms with van der Waals surface area (Å²) in [5.41, 5.74) is 0.591. The monoisotopic (exact) mass is 496 g/mol. The Bertz CT molecular complexity index is 1110. The van der Waals surface area contributed by atoms with Crippen LogP contribution in [0, 0.1) is 0 Å². The van der Waals surface area contributed by atoms with Crippen LogP contribution in [0.25, 0.3) is 0 Å². The lowest BCUT2D eigenvalue weighted by Crippen LogP contribution is -2.23. The molecule has 0 saturated carbocycles. The smallest absolute Gasteiger partial charge is 0.307 e. The Morgan fingerprint density at radius 1 is 1.23 bits per heavy atom. The molecule has 0 aliphatic heterocycles. The predicted molar refractivity (Wildman–Crippen MR) is 117 cm³/mol. The van der Waals surface area contributed by atoms with Gasteiger partial charge in [-0.15, -0.1) is 0 Å². The summed E-state index contributed by atoms with van der Waals surface area (Å²) in [5.74, 6) is -0.115. The van der Waals surface area contributed by atoms with E-state index in [1.165, 1.54) is 0 Å². The molecule has 2 aromatic rings. The molecule has 0 aliphatic carbocycles. The minimum absolute atomic E-state index is 0.0378. The first kappa shape index (κ1) is 24.5. The first-order valence-electron chi connectivity index (χ1n) is 8.40. The summed E-state index contributed by atoms with van der Waals surface area (Å²) in [4.78, 5) is 8.33. The third-order valence-corrected chi connectivity index (χ3v) is 5.48. The number of nitrogens with zero attached hydrogens (tertiary/aromatic N) is 2. The molecule has 0 saturated heterocycles. The number of hydrogen-bond acceptors (Lipinski definition) is 10. The maximum absolute atomic E-state index is 11.8. The maximum atomic E-state index is 11.8. The van der Waals surface area contributed by atoms with E-state index in [1.807, 2.05) is 6.07 Å². The standard InChI is InChI=1S/C16H21ClN4O6S3/c1-10(8-22)18-14-13(21-29(2,23)24)15(27-30(3,25)26)20-16(19-14)28-9-11-5-4-6-12(17)7-11/h4-7,10,21-22H,8-9H2,1-3H3,(H,18,19,20)/t10-/m1/s1. The Balaban J connectivity index is 2.50. The van der Waals surface area contributed by atoms with Crippen molar-refractivity contribution in [3.8, 4) is 5.88 Å². The molecule has 1 heterocycles. The van der Waals surface area contributed by atoms with Crippen molar-refractivity contribution in [2.24, 2.45) is 0 Å². The third kappa shape index (κ3) is 8.14. The van der Waals surface area contributed by atoms with Gasteiger partial charge in [-0.25, -0.2) is 13.4 Å². The number of halogens is 1. The van der Waals surface area contributed by atoms with E-state index in [9.17, 15) is 21.9 Å². The van der Waals surface area contributed by atoms with Crippen LogP contribution < -0.4 is 14.2 Å². The molecule has 14 heteroatoms. The van der Waals surface area contributed by atoms with Crippen LogP contribution in [0.3, 0.4) is 0 Å². The van der Waals surface area contributed by atoms with E-state index >= 15 is 0 Å². The van der Waals surface area contributed by atoms with Gasteiger partial charge in [0.1, 0.15) is 0 Å². The molecule has 0 radical (unpaired) electrons. The fourth-order valence-electron chi connectivity index (χ4n) is 2.12. The van der Waals surface area contributed by atoms with Gasteiger partial charge in [-0.1, -0.05) is 35.5 Å². The molecule has 0 unspecified atom stereocenters. The van der Waals surface area contributed by atoms with Gasteiger partial charge in [0.2, 0.25) is 10.0 Å². The van der Waals surface area contributed by atoms with E-state index in [1.54, 1.807) is 25.1 Å². The zero-order valence-electron chi connectivity index (χ0n) is 16.3. The second kappa shape index (κ2) is 10.0. The van der Waals surface area contributed by atoms with Gasteiger partial charge >= 0.3 is 10.1 Å². The molecule has 1 aromatic heterocycles. The average Bonchev–Trinajstić information content (AvgIpc) is 2.60.